The Morgan fingerprint density at radius 3 is 2.58 bits per heavy atom. The Hall–Kier alpha value is -2.28. The molecule has 1 aliphatic heterocycles. The van der Waals surface area contributed by atoms with Gasteiger partial charge in [0, 0.05) is 0 Å². The Balaban J connectivity index is 1.63. The fourth-order valence-corrected chi connectivity index (χ4v) is 3.57. The third-order valence-corrected chi connectivity index (χ3v) is 5.14. The quantitative estimate of drug-likeness (QED) is 0.825. The van der Waals surface area contributed by atoms with Crippen LogP contribution in [-0.4, -0.2) is 16.3 Å². The van der Waals surface area contributed by atoms with Crippen LogP contribution in [0.2, 0.25) is 0 Å². The highest BCUT2D eigenvalue weighted by atomic mass is 32.2. The van der Waals surface area contributed by atoms with E-state index in [-0.39, 0.29) is 11.2 Å². The first-order chi connectivity index (χ1) is 12.3. The smallest absolute Gasteiger partial charge is 0.304 e. The van der Waals surface area contributed by atoms with E-state index in [4.69, 9.17) is 0 Å². The molecule has 1 unspecified atom stereocenters. The van der Waals surface area contributed by atoms with Crippen LogP contribution in [0.1, 0.15) is 23.1 Å². The Bertz CT molecular complexity index is 831. The van der Waals surface area contributed by atoms with Gasteiger partial charge in [0.2, 0.25) is 5.91 Å². The summed E-state index contributed by atoms with van der Waals surface area (Å²) < 4.78 is 38.3. The number of amidine groups is 1. The van der Waals surface area contributed by atoms with Gasteiger partial charge in [-0.15, -0.1) is 0 Å². The summed E-state index contributed by atoms with van der Waals surface area (Å²) in [5, 5.41) is 2.90. The molecule has 1 N–H and O–H groups in total. The number of benzene rings is 2. The molecule has 2 aromatic carbocycles. The lowest BCUT2D eigenvalue weighted by Gasteiger charge is -2.09. The van der Waals surface area contributed by atoms with E-state index in [0.717, 1.165) is 23.4 Å². The van der Waals surface area contributed by atoms with Crippen molar-refractivity contribution in [3.05, 3.63) is 65.2 Å². The van der Waals surface area contributed by atoms with E-state index in [2.05, 4.69) is 10.3 Å². The molecule has 0 radical (unpaired) electrons. The van der Waals surface area contributed by atoms with Crippen molar-refractivity contribution in [3.63, 3.8) is 0 Å². The van der Waals surface area contributed by atoms with Crippen molar-refractivity contribution in [1.29, 1.82) is 0 Å². The predicted molar refractivity (Wildman–Crippen MR) is 97.6 cm³/mol. The number of aliphatic imine (C=N–C) groups is 1. The van der Waals surface area contributed by atoms with Gasteiger partial charge in [0.25, 0.3) is 0 Å². The van der Waals surface area contributed by atoms with Crippen LogP contribution in [0.5, 0.6) is 0 Å². The lowest BCUT2D eigenvalue weighted by molar-refractivity contribution is -0.137. The molecule has 3 rings (SSSR count). The fraction of sp³-hybridized carbons (Fsp3) is 0.263. The summed E-state index contributed by atoms with van der Waals surface area (Å²) in [5.41, 5.74) is 1.77. The van der Waals surface area contributed by atoms with Gasteiger partial charge >= 0.3 is 6.18 Å². The Morgan fingerprint density at radius 1 is 1.15 bits per heavy atom. The van der Waals surface area contributed by atoms with E-state index in [0.29, 0.717) is 23.6 Å². The topological polar surface area (TPSA) is 41.5 Å². The van der Waals surface area contributed by atoms with Crippen LogP contribution >= 0.6 is 11.8 Å². The number of rotatable bonds is 4. The number of nitrogens with zero attached hydrogens (tertiary/aromatic N) is 1. The molecule has 1 fully saturated rings. The van der Waals surface area contributed by atoms with Gasteiger partial charge in [0.05, 0.1) is 16.5 Å². The number of hydrogen-bond acceptors (Lipinski definition) is 3. The van der Waals surface area contributed by atoms with Crippen LogP contribution in [-0.2, 0) is 17.4 Å². The lowest BCUT2D eigenvalue weighted by Crippen LogP contribution is -2.25. The van der Waals surface area contributed by atoms with E-state index < -0.39 is 11.7 Å². The van der Waals surface area contributed by atoms with Gasteiger partial charge in [0.15, 0.2) is 5.17 Å². The first kappa shape index (κ1) is 18.5. The van der Waals surface area contributed by atoms with Gasteiger partial charge in [0.1, 0.15) is 0 Å². The first-order valence-electron chi connectivity index (χ1n) is 8.10. The molecule has 1 saturated heterocycles. The van der Waals surface area contributed by atoms with E-state index in [1.54, 1.807) is 6.07 Å². The van der Waals surface area contributed by atoms with Crippen molar-refractivity contribution in [2.45, 2.75) is 31.2 Å². The van der Waals surface area contributed by atoms with Crippen LogP contribution in [0, 0.1) is 6.92 Å². The maximum absolute atomic E-state index is 12.8. The van der Waals surface area contributed by atoms with Crippen molar-refractivity contribution in [3.8, 4) is 0 Å². The molecule has 26 heavy (non-hydrogen) atoms. The van der Waals surface area contributed by atoms with Crippen molar-refractivity contribution in [2.24, 2.45) is 4.99 Å². The molecule has 3 nitrogen and oxygen atoms in total. The highest BCUT2D eigenvalue weighted by Crippen LogP contribution is 2.31. The SMILES string of the molecule is Cc1ccc(N=C2NC(=O)C(CCc3cccc(C(F)(F)F)c3)S2)cc1. The summed E-state index contributed by atoms with van der Waals surface area (Å²) in [4.78, 5) is 16.5. The van der Waals surface area contributed by atoms with Gasteiger partial charge in [-0.1, -0.05) is 47.7 Å². The number of thioether (sulfide) groups is 1. The number of carbonyl (C=O) groups excluding carboxylic acids is 1. The second-order valence-corrected chi connectivity index (χ2v) is 7.28. The summed E-state index contributed by atoms with van der Waals surface area (Å²) in [6.45, 7) is 1.98. The molecular formula is C19H17F3N2OS. The molecule has 0 aliphatic carbocycles. The Labute approximate surface area is 153 Å². The number of carbonyl (C=O) groups is 1. The molecule has 1 atom stereocenters. The van der Waals surface area contributed by atoms with Crippen LogP contribution in [0.25, 0.3) is 0 Å². The van der Waals surface area contributed by atoms with Gasteiger partial charge in [-0.2, -0.15) is 13.2 Å². The molecule has 2 aromatic rings. The standard InChI is InChI=1S/C19H17F3N2OS/c1-12-5-8-15(9-6-12)23-18-24-17(25)16(26-18)10-7-13-3-2-4-14(11-13)19(20,21)22/h2-6,8-9,11,16H,7,10H2,1H3,(H,23,24,25). The zero-order valence-corrected chi connectivity index (χ0v) is 14.8. The third-order valence-electron chi connectivity index (χ3n) is 3.99. The molecule has 7 heteroatoms. The zero-order valence-electron chi connectivity index (χ0n) is 14.0. The van der Waals surface area contributed by atoms with E-state index in [1.165, 1.54) is 17.8 Å². The maximum atomic E-state index is 12.8. The van der Waals surface area contributed by atoms with Crippen LogP contribution < -0.4 is 5.32 Å². The molecule has 0 aromatic heterocycles. The normalized spacial score (nSPS) is 19.0. The molecule has 1 heterocycles. The largest absolute Gasteiger partial charge is 0.416 e. The average molecular weight is 378 g/mol. The highest BCUT2D eigenvalue weighted by molar-refractivity contribution is 8.15. The molecule has 136 valence electrons. The second kappa shape index (κ2) is 7.53. The number of nitrogens with one attached hydrogen (secondary N) is 1. The van der Waals surface area contributed by atoms with E-state index in [9.17, 15) is 18.0 Å². The zero-order chi connectivity index (χ0) is 18.7. The van der Waals surface area contributed by atoms with Gasteiger partial charge < -0.3 is 5.32 Å². The molecule has 1 aliphatic rings. The number of aryl methyl sites for hydroxylation is 2. The summed E-state index contributed by atoms with van der Waals surface area (Å²) in [7, 11) is 0. The van der Waals surface area contributed by atoms with Crippen LogP contribution in [0.4, 0.5) is 18.9 Å². The van der Waals surface area contributed by atoms with E-state index in [1.807, 2.05) is 31.2 Å². The number of alkyl halides is 3. The van der Waals surface area contributed by atoms with Crippen LogP contribution in [0.15, 0.2) is 53.5 Å². The Kier molecular flexibility index (Phi) is 5.36. The predicted octanol–water partition coefficient (Wildman–Crippen LogP) is 4.87. The van der Waals surface area contributed by atoms with Gasteiger partial charge in [-0.25, -0.2) is 4.99 Å². The molecule has 1 amide bonds. The molecule has 0 bridgehead atoms. The highest BCUT2D eigenvalue weighted by Gasteiger charge is 2.32. The van der Waals surface area contributed by atoms with Crippen molar-refractivity contribution in [1.82, 2.24) is 5.32 Å². The third kappa shape index (κ3) is 4.66. The summed E-state index contributed by atoms with van der Waals surface area (Å²) in [6.07, 6.45) is -3.51. The fourth-order valence-electron chi connectivity index (χ4n) is 2.59. The average Bonchev–Trinajstić information content (AvgIpc) is 2.94. The lowest BCUT2D eigenvalue weighted by atomic mass is 10.0. The molecular weight excluding hydrogens is 361 g/mol. The van der Waals surface area contributed by atoms with Crippen molar-refractivity contribution >= 4 is 28.5 Å². The van der Waals surface area contributed by atoms with Gasteiger partial charge in [-0.3, -0.25) is 4.79 Å². The summed E-state index contributed by atoms with van der Waals surface area (Å²) in [5.74, 6) is -0.159. The Morgan fingerprint density at radius 2 is 1.88 bits per heavy atom. The van der Waals surface area contributed by atoms with Crippen molar-refractivity contribution in [2.75, 3.05) is 0 Å². The molecule has 0 spiro atoms. The maximum Gasteiger partial charge on any atom is 0.416 e. The summed E-state index contributed by atoms with van der Waals surface area (Å²) >= 11 is 1.31. The number of halogens is 3. The van der Waals surface area contributed by atoms with Gasteiger partial charge in [-0.05, 0) is 43.5 Å². The van der Waals surface area contributed by atoms with Crippen molar-refractivity contribution < 1.29 is 18.0 Å². The second-order valence-electron chi connectivity index (χ2n) is 6.09. The molecule has 0 saturated carbocycles. The minimum absolute atomic E-state index is 0.159. The first-order valence-corrected chi connectivity index (χ1v) is 8.98. The van der Waals surface area contributed by atoms with E-state index >= 15 is 0 Å². The van der Waals surface area contributed by atoms with Crippen LogP contribution in [0.3, 0.4) is 0 Å². The number of hydrogen-bond donors (Lipinski definition) is 1. The minimum atomic E-state index is -4.36. The monoisotopic (exact) mass is 378 g/mol. The number of amides is 1. The summed E-state index contributed by atoms with van der Waals surface area (Å²) in [6, 6.07) is 12.8. The minimum Gasteiger partial charge on any atom is -0.304 e.